The zero-order chi connectivity index (χ0) is 18.5. The maximum Gasteiger partial charge on any atom is 0.266 e. The van der Waals surface area contributed by atoms with Gasteiger partial charge in [-0.15, -0.1) is 0 Å². The molecule has 3 rings (SSSR count). The third-order valence-corrected chi connectivity index (χ3v) is 3.98. The van der Waals surface area contributed by atoms with Crippen molar-refractivity contribution in [2.75, 3.05) is 5.32 Å². The Morgan fingerprint density at radius 1 is 1.04 bits per heavy atom. The van der Waals surface area contributed by atoms with Crippen molar-refractivity contribution in [2.45, 2.75) is 0 Å². The van der Waals surface area contributed by atoms with E-state index in [0.717, 1.165) is 5.56 Å². The Kier molecular flexibility index (Phi) is 5.43. The fourth-order valence-electron chi connectivity index (χ4n) is 2.25. The van der Waals surface area contributed by atoms with E-state index in [1.54, 1.807) is 48.5 Å². The normalized spacial score (nSPS) is 11.0. The number of rotatable bonds is 4. The Morgan fingerprint density at radius 2 is 1.81 bits per heavy atom. The second kappa shape index (κ2) is 7.92. The van der Waals surface area contributed by atoms with Crippen LogP contribution in [0.25, 0.3) is 17.4 Å². The molecule has 2 aromatic carbocycles. The monoisotopic (exact) mass is 382 g/mol. The van der Waals surface area contributed by atoms with Gasteiger partial charge in [0, 0.05) is 27.4 Å². The quantitative estimate of drug-likeness (QED) is 0.457. The molecule has 1 amide bonds. The lowest BCUT2D eigenvalue weighted by Crippen LogP contribution is -2.13. The van der Waals surface area contributed by atoms with Crippen LogP contribution in [0.15, 0.2) is 70.7 Å². The second-order valence-corrected chi connectivity index (χ2v) is 6.22. The summed E-state index contributed by atoms with van der Waals surface area (Å²) in [5, 5.41) is 13.1. The second-order valence-electron chi connectivity index (χ2n) is 5.34. The highest BCUT2D eigenvalue weighted by Crippen LogP contribution is 2.26. The van der Waals surface area contributed by atoms with Crippen LogP contribution in [0.2, 0.25) is 10.0 Å². The largest absolute Gasteiger partial charge is 0.457 e. The highest BCUT2D eigenvalue weighted by molar-refractivity contribution is 6.31. The number of carbonyl (C=O) groups is 1. The van der Waals surface area contributed by atoms with E-state index in [1.807, 2.05) is 18.2 Å². The van der Waals surface area contributed by atoms with E-state index in [-0.39, 0.29) is 5.57 Å². The summed E-state index contributed by atoms with van der Waals surface area (Å²) in [6, 6.07) is 19.1. The van der Waals surface area contributed by atoms with Crippen molar-refractivity contribution in [1.29, 1.82) is 5.26 Å². The number of hydrogen-bond donors (Lipinski definition) is 1. The van der Waals surface area contributed by atoms with Crippen molar-refractivity contribution in [1.82, 2.24) is 0 Å². The minimum atomic E-state index is -0.532. The number of benzene rings is 2. The molecule has 0 unspecified atom stereocenters. The van der Waals surface area contributed by atoms with Crippen LogP contribution in [-0.2, 0) is 4.79 Å². The topological polar surface area (TPSA) is 66.0 Å². The summed E-state index contributed by atoms with van der Waals surface area (Å²) in [5.74, 6) is 0.451. The Hall–Kier alpha value is -3.00. The maximum absolute atomic E-state index is 12.3. The lowest BCUT2D eigenvalue weighted by Gasteiger charge is -2.03. The Morgan fingerprint density at radius 3 is 2.50 bits per heavy atom. The number of hydrogen-bond acceptors (Lipinski definition) is 3. The van der Waals surface area contributed by atoms with Gasteiger partial charge in [0.2, 0.25) is 0 Å². The fraction of sp³-hybridized carbons (Fsp3) is 0. The number of anilines is 1. The van der Waals surface area contributed by atoms with Crippen LogP contribution in [0.3, 0.4) is 0 Å². The van der Waals surface area contributed by atoms with Gasteiger partial charge in [0.05, 0.1) is 0 Å². The van der Waals surface area contributed by atoms with E-state index in [2.05, 4.69) is 5.32 Å². The van der Waals surface area contributed by atoms with E-state index in [9.17, 15) is 10.1 Å². The zero-order valence-corrected chi connectivity index (χ0v) is 14.9. The van der Waals surface area contributed by atoms with Gasteiger partial charge in [-0.3, -0.25) is 4.79 Å². The van der Waals surface area contributed by atoms with E-state index in [0.29, 0.717) is 27.3 Å². The van der Waals surface area contributed by atoms with Crippen LogP contribution >= 0.6 is 23.2 Å². The molecule has 6 heteroatoms. The highest BCUT2D eigenvalue weighted by Gasteiger charge is 2.11. The van der Waals surface area contributed by atoms with Crippen LogP contribution < -0.4 is 5.32 Å². The molecule has 128 valence electrons. The van der Waals surface area contributed by atoms with Crippen molar-refractivity contribution < 1.29 is 9.21 Å². The van der Waals surface area contributed by atoms with Crippen LogP contribution in [0.1, 0.15) is 5.76 Å². The molecule has 1 N–H and O–H groups in total. The molecule has 0 bridgehead atoms. The number of amides is 1. The standard InChI is InChI=1S/C20H12Cl2N2O2/c21-15-4-6-17(7-5-15)24-20(25)14(12-23)11-18-8-9-19(26-18)13-2-1-3-16(22)10-13/h1-11H,(H,24,25)/b14-11+. The molecule has 0 radical (unpaired) electrons. The molecule has 1 aromatic heterocycles. The highest BCUT2D eigenvalue weighted by atomic mass is 35.5. The van der Waals surface area contributed by atoms with Gasteiger partial charge in [0.15, 0.2) is 0 Å². The summed E-state index contributed by atoms with van der Waals surface area (Å²) in [6.07, 6.45) is 1.39. The van der Waals surface area contributed by atoms with Crippen LogP contribution in [0, 0.1) is 11.3 Å². The third kappa shape index (κ3) is 4.34. The van der Waals surface area contributed by atoms with Crippen molar-refractivity contribution in [3.8, 4) is 17.4 Å². The number of nitriles is 1. The van der Waals surface area contributed by atoms with Crippen molar-refractivity contribution in [3.05, 3.63) is 82.0 Å². The number of carbonyl (C=O) groups excluding carboxylic acids is 1. The van der Waals surface area contributed by atoms with Crippen LogP contribution in [-0.4, -0.2) is 5.91 Å². The lowest BCUT2D eigenvalue weighted by atomic mass is 10.2. The summed E-state index contributed by atoms with van der Waals surface area (Å²) in [5.41, 5.74) is 1.27. The lowest BCUT2D eigenvalue weighted by molar-refractivity contribution is -0.112. The van der Waals surface area contributed by atoms with E-state index >= 15 is 0 Å². The molecule has 0 aliphatic carbocycles. The summed E-state index contributed by atoms with van der Waals surface area (Å²) >= 11 is 11.8. The summed E-state index contributed by atoms with van der Waals surface area (Å²) in [7, 11) is 0. The van der Waals surface area contributed by atoms with Crippen molar-refractivity contribution in [2.24, 2.45) is 0 Å². The number of furan rings is 1. The average molecular weight is 383 g/mol. The van der Waals surface area contributed by atoms with Gasteiger partial charge < -0.3 is 9.73 Å². The molecular weight excluding hydrogens is 371 g/mol. The first-order valence-electron chi connectivity index (χ1n) is 7.59. The third-order valence-electron chi connectivity index (χ3n) is 3.49. The molecule has 1 heterocycles. The Balaban J connectivity index is 1.80. The minimum absolute atomic E-state index is 0.0769. The number of halogens is 2. The van der Waals surface area contributed by atoms with Gasteiger partial charge in [0.1, 0.15) is 23.2 Å². The fourth-order valence-corrected chi connectivity index (χ4v) is 2.57. The van der Waals surface area contributed by atoms with Gasteiger partial charge in [0.25, 0.3) is 5.91 Å². The predicted molar refractivity (Wildman–Crippen MR) is 103 cm³/mol. The molecule has 3 aromatic rings. The van der Waals surface area contributed by atoms with Crippen LogP contribution in [0.4, 0.5) is 5.69 Å². The van der Waals surface area contributed by atoms with E-state index in [1.165, 1.54) is 6.08 Å². The molecule has 4 nitrogen and oxygen atoms in total. The summed E-state index contributed by atoms with van der Waals surface area (Å²) in [4.78, 5) is 12.3. The molecule has 26 heavy (non-hydrogen) atoms. The first kappa shape index (κ1) is 17.8. The Bertz CT molecular complexity index is 1010. The first-order chi connectivity index (χ1) is 12.5. The smallest absolute Gasteiger partial charge is 0.266 e. The minimum Gasteiger partial charge on any atom is -0.457 e. The molecule has 0 spiro atoms. The molecule has 0 saturated heterocycles. The number of nitrogens with one attached hydrogen (secondary N) is 1. The molecule has 0 atom stereocenters. The van der Waals surface area contributed by atoms with E-state index in [4.69, 9.17) is 27.6 Å². The first-order valence-corrected chi connectivity index (χ1v) is 8.35. The predicted octanol–water partition coefficient (Wildman–Crippen LogP) is 5.80. The van der Waals surface area contributed by atoms with Crippen LogP contribution in [0.5, 0.6) is 0 Å². The SMILES string of the molecule is N#C/C(=C\c1ccc(-c2cccc(Cl)c2)o1)C(=O)Nc1ccc(Cl)cc1. The maximum atomic E-state index is 12.3. The molecule has 0 aliphatic heterocycles. The van der Waals surface area contributed by atoms with Gasteiger partial charge >= 0.3 is 0 Å². The number of nitrogens with zero attached hydrogens (tertiary/aromatic N) is 1. The summed E-state index contributed by atoms with van der Waals surface area (Å²) < 4.78 is 5.69. The van der Waals surface area contributed by atoms with E-state index < -0.39 is 5.91 Å². The van der Waals surface area contributed by atoms with Gasteiger partial charge in [-0.25, -0.2) is 0 Å². The molecule has 0 saturated carbocycles. The zero-order valence-electron chi connectivity index (χ0n) is 13.4. The Labute approximate surface area is 160 Å². The average Bonchev–Trinajstić information content (AvgIpc) is 3.10. The van der Waals surface area contributed by atoms with Gasteiger partial charge in [-0.2, -0.15) is 5.26 Å². The summed E-state index contributed by atoms with van der Waals surface area (Å²) in [6.45, 7) is 0. The molecular formula is C20H12Cl2N2O2. The molecule has 0 aliphatic rings. The van der Waals surface area contributed by atoms with Crippen molar-refractivity contribution in [3.63, 3.8) is 0 Å². The van der Waals surface area contributed by atoms with Gasteiger partial charge in [-0.1, -0.05) is 35.3 Å². The van der Waals surface area contributed by atoms with Gasteiger partial charge in [-0.05, 0) is 48.5 Å². The van der Waals surface area contributed by atoms with Crippen molar-refractivity contribution >= 4 is 40.9 Å². The molecule has 0 fully saturated rings.